The van der Waals surface area contributed by atoms with Gasteiger partial charge in [0.2, 0.25) is 5.91 Å². The second kappa shape index (κ2) is 8.51. The molecule has 1 N–H and O–H groups in total. The van der Waals surface area contributed by atoms with Crippen molar-refractivity contribution in [2.75, 3.05) is 20.1 Å². The smallest absolute Gasteiger partial charge is 0.225 e. The van der Waals surface area contributed by atoms with Crippen LogP contribution in [0.1, 0.15) is 22.3 Å². The Bertz CT molecular complexity index is 825. The molecule has 0 radical (unpaired) electrons. The summed E-state index contributed by atoms with van der Waals surface area (Å²) in [6.07, 6.45) is 0. The summed E-state index contributed by atoms with van der Waals surface area (Å²) in [4.78, 5) is 13.9. The van der Waals surface area contributed by atoms with Crippen LogP contribution < -0.4 is 10.1 Å². The average molecular weight is 407 g/mol. The molecule has 0 bridgehead atoms. The Hall–Kier alpha value is -1.75. The molecule has 0 atom stereocenters. The van der Waals surface area contributed by atoms with Crippen molar-refractivity contribution in [1.29, 1.82) is 0 Å². The van der Waals surface area contributed by atoms with E-state index in [0.29, 0.717) is 22.4 Å². The number of likely N-dealkylation sites (tertiary alicyclic amines) is 1. The molecule has 4 nitrogen and oxygen atoms in total. The second-order valence-corrected chi connectivity index (χ2v) is 7.89. The van der Waals surface area contributed by atoms with Gasteiger partial charge in [-0.05, 0) is 48.2 Å². The molecule has 0 spiro atoms. The molecule has 0 unspecified atom stereocenters. The van der Waals surface area contributed by atoms with Crippen LogP contribution in [-0.2, 0) is 17.9 Å². The second-order valence-electron chi connectivity index (χ2n) is 7.08. The fourth-order valence-corrected chi connectivity index (χ4v) is 3.74. The number of benzene rings is 2. The third-order valence-electron chi connectivity index (χ3n) is 5.01. The Morgan fingerprint density at radius 3 is 2.41 bits per heavy atom. The lowest BCUT2D eigenvalue weighted by atomic mass is 9.96. The summed E-state index contributed by atoms with van der Waals surface area (Å²) in [5.74, 6) is 0.956. The minimum atomic E-state index is 0.121. The van der Waals surface area contributed by atoms with Crippen LogP contribution in [0.5, 0.6) is 5.75 Å². The largest absolute Gasteiger partial charge is 0.489 e. The van der Waals surface area contributed by atoms with Gasteiger partial charge in [-0.25, -0.2) is 0 Å². The fraction of sp³-hybridized carbons (Fsp3) is 0.381. The van der Waals surface area contributed by atoms with Crippen LogP contribution >= 0.6 is 23.2 Å². The summed E-state index contributed by atoms with van der Waals surface area (Å²) in [6, 6.07) is 9.69. The Morgan fingerprint density at radius 1 is 1.15 bits per heavy atom. The average Bonchev–Trinajstić information content (AvgIpc) is 2.59. The van der Waals surface area contributed by atoms with Crippen molar-refractivity contribution in [3.63, 3.8) is 0 Å². The van der Waals surface area contributed by atoms with Gasteiger partial charge in [0.1, 0.15) is 12.4 Å². The van der Waals surface area contributed by atoms with Crippen LogP contribution in [0.15, 0.2) is 30.3 Å². The Labute approximate surface area is 170 Å². The van der Waals surface area contributed by atoms with Crippen LogP contribution in [0.25, 0.3) is 0 Å². The van der Waals surface area contributed by atoms with Crippen molar-refractivity contribution in [2.24, 2.45) is 5.92 Å². The molecule has 2 aromatic carbocycles. The van der Waals surface area contributed by atoms with E-state index in [1.165, 1.54) is 22.3 Å². The quantitative estimate of drug-likeness (QED) is 0.774. The number of hydrogen-bond acceptors (Lipinski definition) is 3. The topological polar surface area (TPSA) is 41.6 Å². The van der Waals surface area contributed by atoms with Crippen LogP contribution in [0.2, 0.25) is 10.0 Å². The van der Waals surface area contributed by atoms with Crippen molar-refractivity contribution in [3.8, 4) is 5.75 Å². The first-order valence-electron chi connectivity index (χ1n) is 8.98. The molecular weight excluding hydrogens is 383 g/mol. The van der Waals surface area contributed by atoms with E-state index >= 15 is 0 Å². The maximum Gasteiger partial charge on any atom is 0.225 e. The van der Waals surface area contributed by atoms with Gasteiger partial charge in [0.15, 0.2) is 0 Å². The lowest BCUT2D eigenvalue weighted by molar-refractivity contribution is -0.129. The van der Waals surface area contributed by atoms with Crippen molar-refractivity contribution in [3.05, 3.63) is 62.6 Å². The van der Waals surface area contributed by atoms with Gasteiger partial charge >= 0.3 is 0 Å². The molecule has 1 heterocycles. The highest BCUT2D eigenvalue weighted by molar-refractivity contribution is 6.42. The highest BCUT2D eigenvalue weighted by atomic mass is 35.5. The monoisotopic (exact) mass is 406 g/mol. The third-order valence-corrected chi connectivity index (χ3v) is 5.75. The summed E-state index contributed by atoms with van der Waals surface area (Å²) < 4.78 is 5.90. The number of amides is 1. The minimum Gasteiger partial charge on any atom is -0.489 e. The van der Waals surface area contributed by atoms with Gasteiger partial charge in [-0.15, -0.1) is 0 Å². The number of carbonyl (C=O) groups excluding carboxylic acids is 1. The van der Waals surface area contributed by atoms with Gasteiger partial charge in [0.05, 0.1) is 16.0 Å². The number of aryl methyl sites for hydroxylation is 2. The molecule has 0 aliphatic carbocycles. The first-order chi connectivity index (χ1) is 12.9. The van der Waals surface area contributed by atoms with Gasteiger partial charge in [-0.3, -0.25) is 9.69 Å². The zero-order chi connectivity index (χ0) is 19.6. The molecule has 144 valence electrons. The Kier molecular flexibility index (Phi) is 6.30. The fourth-order valence-electron chi connectivity index (χ4n) is 3.45. The van der Waals surface area contributed by atoms with E-state index in [1.807, 2.05) is 6.07 Å². The molecule has 1 amide bonds. The van der Waals surface area contributed by atoms with Gasteiger partial charge in [0.25, 0.3) is 0 Å². The molecule has 0 saturated carbocycles. The van der Waals surface area contributed by atoms with Crippen LogP contribution in [0, 0.1) is 19.8 Å². The molecule has 1 fully saturated rings. The van der Waals surface area contributed by atoms with E-state index in [2.05, 4.69) is 36.2 Å². The van der Waals surface area contributed by atoms with Gasteiger partial charge in [-0.2, -0.15) is 0 Å². The van der Waals surface area contributed by atoms with E-state index < -0.39 is 0 Å². The van der Waals surface area contributed by atoms with E-state index in [1.54, 1.807) is 19.2 Å². The summed E-state index contributed by atoms with van der Waals surface area (Å²) in [5, 5.41) is 3.72. The van der Waals surface area contributed by atoms with Crippen LogP contribution in [-0.4, -0.2) is 30.9 Å². The normalized spacial score (nSPS) is 14.7. The summed E-state index contributed by atoms with van der Waals surface area (Å²) in [6.45, 7) is 7.20. The highest BCUT2D eigenvalue weighted by Crippen LogP contribution is 2.28. The third kappa shape index (κ3) is 4.75. The predicted octanol–water partition coefficient (Wildman–Crippen LogP) is 4.37. The van der Waals surface area contributed by atoms with Crippen LogP contribution in [0.4, 0.5) is 0 Å². The summed E-state index contributed by atoms with van der Waals surface area (Å²) >= 11 is 12.0. The molecule has 6 heteroatoms. The SMILES string of the molecule is CNC(=O)C1CN(Cc2cc(C)c(COc3ccc(Cl)c(Cl)c3)c(C)c2)C1. The Morgan fingerprint density at radius 2 is 1.81 bits per heavy atom. The van der Waals surface area contributed by atoms with E-state index in [-0.39, 0.29) is 11.8 Å². The molecule has 1 aliphatic heterocycles. The van der Waals surface area contributed by atoms with Crippen molar-refractivity contribution >= 4 is 29.1 Å². The molecule has 1 aliphatic rings. The molecule has 0 aromatic heterocycles. The van der Waals surface area contributed by atoms with E-state index in [9.17, 15) is 4.79 Å². The van der Waals surface area contributed by atoms with Gasteiger partial charge in [0, 0.05) is 32.7 Å². The predicted molar refractivity (Wildman–Crippen MR) is 110 cm³/mol. The maximum atomic E-state index is 11.6. The standard InChI is InChI=1S/C21H24Cl2N2O2/c1-13-6-15(9-25-10-16(11-25)21(26)24-3)7-14(2)18(13)12-27-17-4-5-19(22)20(23)8-17/h4-8,16H,9-12H2,1-3H3,(H,24,26). The molecule has 1 saturated heterocycles. The number of halogens is 2. The lowest BCUT2D eigenvalue weighted by Gasteiger charge is -2.38. The zero-order valence-corrected chi connectivity index (χ0v) is 17.3. The molecule has 2 aromatic rings. The summed E-state index contributed by atoms with van der Waals surface area (Å²) in [7, 11) is 1.69. The number of nitrogens with zero attached hydrogens (tertiary/aromatic N) is 1. The lowest BCUT2D eigenvalue weighted by Crippen LogP contribution is -2.52. The molecular formula is C21H24Cl2N2O2. The first-order valence-corrected chi connectivity index (χ1v) is 9.73. The van der Waals surface area contributed by atoms with Gasteiger partial charge < -0.3 is 10.1 Å². The summed E-state index contributed by atoms with van der Waals surface area (Å²) in [5.41, 5.74) is 4.84. The first kappa shape index (κ1) is 20.0. The number of ether oxygens (including phenoxy) is 1. The van der Waals surface area contributed by atoms with E-state index in [0.717, 1.165) is 19.6 Å². The molecule has 3 rings (SSSR count). The van der Waals surface area contributed by atoms with Crippen LogP contribution in [0.3, 0.4) is 0 Å². The Balaban J connectivity index is 1.61. The highest BCUT2D eigenvalue weighted by Gasteiger charge is 2.31. The number of nitrogens with one attached hydrogen (secondary N) is 1. The van der Waals surface area contributed by atoms with E-state index in [4.69, 9.17) is 27.9 Å². The van der Waals surface area contributed by atoms with Crippen molar-refractivity contribution in [1.82, 2.24) is 10.2 Å². The number of carbonyl (C=O) groups is 1. The zero-order valence-electron chi connectivity index (χ0n) is 15.8. The van der Waals surface area contributed by atoms with Gasteiger partial charge in [-0.1, -0.05) is 35.3 Å². The van der Waals surface area contributed by atoms with Crippen molar-refractivity contribution < 1.29 is 9.53 Å². The minimum absolute atomic E-state index is 0.121. The number of hydrogen-bond donors (Lipinski definition) is 1. The number of rotatable bonds is 6. The maximum absolute atomic E-state index is 11.6. The van der Waals surface area contributed by atoms with Crippen molar-refractivity contribution in [2.45, 2.75) is 27.0 Å². The molecule has 27 heavy (non-hydrogen) atoms.